The monoisotopic (exact) mass is 278 g/mol. The first-order valence-corrected chi connectivity index (χ1v) is 5.08. The average Bonchev–Trinajstić information content (AvgIpc) is 2.17. The number of phenols is 1. The third-order valence-electron chi connectivity index (χ3n) is 1.69. The lowest BCUT2D eigenvalue weighted by Gasteiger charge is -2.07. The van der Waals surface area contributed by atoms with E-state index in [0.717, 1.165) is 0 Å². The van der Waals surface area contributed by atoms with E-state index in [2.05, 4.69) is 15.9 Å². The van der Waals surface area contributed by atoms with Gasteiger partial charge in [-0.2, -0.15) is 0 Å². The van der Waals surface area contributed by atoms with Gasteiger partial charge in [0.2, 0.25) is 0 Å². The van der Waals surface area contributed by atoms with Crippen molar-refractivity contribution in [1.29, 1.82) is 0 Å². The number of rotatable bonds is 3. The summed E-state index contributed by atoms with van der Waals surface area (Å²) in [6.45, 7) is 0. The zero-order valence-electron chi connectivity index (χ0n) is 7.38. The number of halogens is 2. The number of carbonyl (C=O) groups is 1. The molecule has 0 aromatic heterocycles. The van der Waals surface area contributed by atoms with Crippen molar-refractivity contribution < 1.29 is 14.6 Å². The first kappa shape index (κ1) is 11.3. The van der Waals surface area contributed by atoms with Crippen LogP contribution in [0.15, 0.2) is 16.6 Å². The van der Waals surface area contributed by atoms with E-state index in [-0.39, 0.29) is 23.2 Å². The molecule has 0 saturated carbocycles. The van der Waals surface area contributed by atoms with Gasteiger partial charge in [0.25, 0.3) is 0 Å². The number of carbonyl (C=O) groups excluding carboxylic acids is 1. The van der Waals surface area contributed by atoms with Crippen molar-refractivity contribution in [2.45, 2.75) is 0 Å². The molecule has 0 aliphatic heterocycles. The van der Waals surface area contributed by atoms with E-state index in [1.807, 2.05) is 0 Å². The summed E-state index contributed by atoms with van der Waals surface area (Å²) in [4.78, 5) is 11.3. The molecule has 0 bridgehead atoms. The molecule has 0 aliphatic carbocycles. The highest BCUT2D eigenvalue weighted by atomic mass is 79.9. The first-order chi connectivity index (χ1) is 6.60. The quantitative estimate of drug-likeness (QED) is 0.683. The summed E-state index contributed by atoms with van der Waals surface area (Å²) in [5.41, 5.74) is 0.398. The van der Waals surface area contributed by atoms with Crippen LogP contribution in [0.25, 0.3) is 0 Å². The van der Waals surface area contributed by atoms with Crippen LogP contribution in [0.3, 0.4) is 0 Å². The van der Waals surface area contributed by atoms with E-state index < -0.39 is 0 Å². The zero-order valence-corrected chi connectivity index (χ0v) is 9.72. The molecule has 0 atom stereocenters. The minimum Gasteiger partial charge on any atom is -0.504 e. The molecule has 1 rings (SSSR count). The fourth-order valence-electron chi connectivity index (χ4n) is 0.992. The predicted octanol–water partition coefficient (Wildman–Crippen LogP) is 2.58. The van der Waals surface area contributed by atoms with Crippen molar-refractivity contribution in [3.63, 3.8) is 0 Å². The van der Waals surface area contributed by atoms with Crippen LogP contribution in [0, 0.1) is 0 Å². The summed E-state index contributed by atoms with van der Waals surface area (Å²) in [6, 6.07) is 2.85. The van der Waals surface area contributed by atoms with Crippen LogP contribution >= 0.6 is 27.5 Å². The van der Waals surface area contributed by atoms with E-state index in [4.69, 9.17) is 16.3 Å². The topological polar surface area (TPSA) is 46.5 Å². The molecule has 0 amide bonds. The maximum absolute atomic E-state index is 11.3. The number of ketones is 1. The summed E-state index contributed by atoms with van der Waals surface area (Å²) in [7, 11) is 1.41. The van der Waals surface area contributed by atoms with Crippen molar-refractivity contribution in [2.75, 3.05) is 13.0 Å². The Bertz CT molecular complexity index is 365. The number of hydrogen-bond donors (Lipinski definition) is 1. The van der Waals surface area contributed by atoms with Crippen LogP contribution < -0.4 is 4.74 Å². The van der Waals surface area contributed by atoms with Gasteiger partial charge in [0.1, 0.15) is 0 Å². The second-order valence-electron chi connectivity index (χ2n) is 2.56. The Balaban J connectivity index is 3.24. The van der Waals surface area contributed by atoms with Crippen molar-refractivity contribution in [3.8, 4) is 11.5 Å². The molecule has 5 heteroatoms. The number of benzene rings is 1. The lowest BCUT2D eigenvalue weighted by molar-refractivity contribution is 0.102. The van der Waals surface area contributed by atoms with Crippen LogP contribution in [0.1, 0.15) is 10.4 Å². The van der Waals surface area contributed by atoms with Gasteiger partial charge in [-0.3, -0.25) is 4.79 Å². The summed E-state index contributed by atoms with van der Waals surface area (Å²) in [6.07, 6.45) is 0. The summed E-state index contributed by atoms with van der Waals surface area (Å²) >= 11 is 8.58. The molecule has 0 heterocycles. The smallest absolute Gasteiger partial charge is 0.178 e. The summed E-state index contributed by atoms with van der Waals surface area (Å²) in [5, 5.41) is 9.37. The number of methoxy groups -OCH3 is 1. The van der Waals surface area contributed by atoms with Gasteiger partial charge in [-0.05, 0) is 28.1 Å². The first-order valence-electron chi connectivity index (χ1n) is 3.75. The second kappa shape index (κ2) is 4.66. The van der Waals surface area contributed by atoms with E-state index in [9.17, 15) is 9.90 Å². The highest BCUT2D eigenvalue weighted by molar-refractivity contribution is 9.10. The van der Waals surface area contributed by atoms with Crippen LogP contribution in [0.4, 0.5) is 0 Å². The van der Waals surface area contributed by atoms with Gasteiger partial charge < -0.3 is 9.84 Å². The Morgan fingerprint density at radius 3 is 2.79 bits per heavy atom. The van der Waals surface area contributed by atoms with Gasteiger partial charge in [-0.25, -0.2) is 0 Å². The minimum absolute atomic E-state index is 0.0227. The van der Waals surface area contributed by atoms with E-state index >= 15 is 0 Å². The molecule has 0 aliphatic rings. The number of hydrogen-bond acceptors (Lipinski definition) is 3. The molecule has 1 N–H and O–H groups in total. The van der Waals surface area contributed by atoms with Crippen molar-refractivity contribution in [3.05, 3.63) is 22.2 Å². The van der Waals surface area contributed by atoms with E-state index in [1.165, 1.54) is 19.2 Å². The van der Waals surface area contributed by atoms with Gasteiger partial charge in [0.15, 0.2) is 17.3 Å². The molecule has 0 fully saturated rings. The van der Waals surface area contributed by atoms with Crippen LogP contribution in [-0.4, -0.2) is 23.9 Å². The Hall–Kier alpha value is -0.740. The van der Waals surface area contributed by atoms with Gasteiger partial charge in [0.05, 0.1) is 13.0 Å². The van der Waals surface area contributed by atoms with Gasteiger partial charge in [-0.15, -0.1) is 11.6 Å². The fraction of sp³-hybridized carbons (Fsp3) is 0.222. The number of phenolic OH excluding ortho intramolecular Hbond substituents is 1. The average molecular weight is 280 g/mol. The zero-order chi connectivity index (χ0) is 10.7. The maximum atomic E-state index is 11.3. The highest BCUT2D eigenvalue weighted by Crippen LogP contribution is 2.32. The van der Waals surface area contributed by atoms with Crippen LogP contribution in [0.2, 0.25) is 0 Å². The number of alkyl halides is 1. The third kappa shape index (κ3) is 2.19. The van der Waals surface area contributed by atoms with E-state index in [1.54, 1.807) is 0 Å². The Labute approximate surface area is 94.8 Å². The second-order valence-corrected chi connectivity index (χ2v) is 3.68. The lowest BCUT2D eigenvalue weighted by Crippen LogP contribution is -2.02. The molecule has 76 valence electrons. The number of aromatic hydroxyl groups is 1. The lowest BCUT2D eigenvalue weighted by atomic mass is 10.1. The predicted molar refractivity (Wildman–Crippen MR) is 57.4 cm³/mol. The molecule has 0 saturated heterocycles. The van der Waals surface area contributed by atoms with Crippen LogP contribution in [-0.2, 0) is 0 Å². The summed E-state index contributed by atoms with van der Waals surface area (Å²) in [5.74, 6) is -0.101. The number of ether oxygens (including phenoxy) is 1. The molecule has 0 unspecified atom stereocenters. The molecule has 0 radical (unpaired) electrons. The fourth-order valence-corrected chi connectivity index (χ4v) is 1.69. The molecular weight excluding hydrogens is 271 g/mol. The van der Waals surface area contributed by atoms with Gasteiger partial charge in [0, 0.05) is 10.0 Å². The largest absolute Gasteiger partial charge is 0.504 e. The van der Waals surface area contributed by atoms with Gasteiger partial charge >= 0.3 is 0 Å². The molecule has 3 nitrogen and oxygen atoms in total. The van der Waals surface area contributed by atoms with Crippen molar-refractivity contribution in [1.82, 2.24) is 0 Å². The summed E-state index contributed by atoms with van der Waals surface area (Å²) < 4.78 is 5.37. The van der Waals surface area contributed by atoms with Gasteiger partial charge in [-0.1, -0.05) is 0 Å². The molecular formula is C9H8BrClO3. The molecule has 0 spiro atoms. The molecule has 1 aromatic carbocycles. The Morgan fingerprint density at radius 2 is 2.29 bits per heavy atom. The molecule has 1 aromatic rings. The minimum atomic E-state index is -0.225. The number of Topliss-reactive ketones (excluding diaryl/α,β-unsaturated/α-hetero) is 1. The van der Waals surface area contributed by atoms with Crippen molar-refractivity contribution >= 4 is 33.3 Å². The third-order valence-corrected chi connectivity index (χ3v) is 2.59. The Morgan fingerprint density at radius 1 is 1.64 bits per heavy atom. The standard InChI is InChI=1S/C9H8BrClO3/c1-14-9-2-5(8(13)4-11)6(10)3-7(9)12/h2-3,12H,4H2,1H3. The van der Waals surface area contributed by atoms with E-state index in [0.29, 0.717) is 10.0 Å². The maximum Gasteiger partial charge on any atom is 0.178 e. The highest BCUT2D eigenvalue weighted by Gasteiger charge is 2.13. The normalized spacial score (nSPS) is 9.93. The molecule has 14 heavy (non-hydrogen) atoms. The van der Waals surface area contributed by atoms with Crippen molar-refractivity contribution in [2.24, 2.45) is 0 Å². The Kier molecular flexibility index (Phi) is 3.77. The SMILES string of the molecule is COc1cc(C(=O)CCl)c(Br)cc1O. The van der Waals surface area contributed by atoms with Crippen LogP contribution in [0.5, 0.6) is 11.5 Å².